The molecule has 0 unspecified atom stereocenters. The number of sulfonamides is 1. The molecule has 1 fully saturated rings. The van der Waals surface area contributed by atoms with E-state index in [-0.39, 0.29) is 11.0 Å². The quantitative estimate of drug-likeness (QED) is 0.352. The molecule has 0 radical (unpaired) electrons. The van der Waals surface area contributed by atoms with E-state index in [0.29, 0.717) is 56.7 Å². The highest BCUT2D eigenvalue weighted by molar-refractivity contribution is 7.89. The number of para-hydroxylation sites is 1. The van der Waals surface area contributed by atoms with Gasteiger partial charge in [-0.2, -0.15) is 26.3 Å². The Labute approximate surface area is 233 Å². The Bertz CT molecular complexity index is 1440. The average Bonchev–Trinajstić information content (AvgIpc) is 2.92. The summed E-state index contributed by atoms with van der Waals surface area (Å²) in [6, 6.07) is 14.8. The second-order valence-corrected chi connectivity index (χ2v) is 11.4. The normalized spacial score (nSPS) is 15.6. The van der Waals surface area contributed by atoms with Gasteiger partial charge in [-0.15, -0.1) is 0 Å². The minimum absolute atomic E-state index is 0.00458. The molecule has 1 heterocycles. The van der Waals surface area contributed by atoms with Gasteiger partial charge in [0.25, 0.3) is 5.91 Å². The zero-order valence-corrected chi connectivity index (χ0v) is 22.4. The SMILES string of the molecule is NS(=O)(=O)c1ccc(CCN2CCC(N(C(=O)c3cc(C(F)(F)F)cc(C(F)(F)F)c3)c3ccccc3)CC2)cc1. The second-order valence-electron chi connectivity index (χ2n) is 9.82. The number of anilines is 1. The number of hydrogen-bond acceptors (Lipinski definition) is 4. The van der Waals surface area contributed by atoms with Gasteiger partial charge in [0.2, 0.25) is 10.0 Å². The molecule has 1 amide bonds. The predicted octanol–water partition coefficient (Wildman–Crippen LogP) is 5.73. The summed E-state index contributed by atoms with van der Waals surface area (Å²) < 4.78 is 104. The fourth-order valence-electron chi connectivity index (χ4n) is 4.83. The van der Waals surface area contributed by atoms with Gasteiger partial charge < -0.3 is 9.80 Å². The number of hydrogen-bond donors (Lipinski definition) is 1. The third kappa shape index (κ3) is 7.66. The molecule has 3 aromatic carbocycles. The van der Waals surface area contributed by atoms with Crippen molar-refractivity contribution < 1.29 is 39.6 Å². The van der Waals surface area contributed by atoms with Gasteiger partial charge in [0, 0.05) is 36.9 Å². The average molecular weight is 600 g/mol. The Morgan fingerprint density at radius 1 is 0.854 bits per heavy atom. The van der Waals surface area contributed by atoms with Gasteiger partial charge in [-0.3, -0.25) is 4.79 Å². The fourth-order valence-corrected chi connectivity index (χ4v) is 5.35. The Balaban J connectivity index is 1.52. The van der Waals surface area contributed by atoms with Crippen molar-refractivity contribution in [2.24, 2.45) is 5.14 Å². The van der Waals surface area contributed by atoms with E-state index < -0.39 is 51.0 Å². The molecule has 0 spiro atoms. The van der Waals surface area contributed by atoms with Crippen molar-refractivity contribution in [3.05, 3.63) is 95.1 Å². The lowest BCUT2D eigenvalue weighted by Crippen LogP contribution is -2.48. The lowest BCUT2D eigenvalue weighted by atomic mass is 9.98. The van der Waals surface area contributed by atoms with Crippen molar-refractivity contribution in [3.8, 4) is 0 Å². The molecule has 220 valence electrons. The van der Waals surface area contributed by atoms with Gasteiger partial charge in [-0.25, -0.2) is 13.6 Å². The van der Waals surface area contributed by atoms with Gasteiger partial charge in [0.1, 0.15) is 0 Å². The first kappa shape index (κ1) is 30.5. The van der Waals surface area contributed by atoms with E-state index in [0.717, 1.165) is 5.56 Å². The summed E-state index contributed by atoms with van der Waals surface area (Å²) in [4.78, 5) is 17.0. The van der Waals surface area contributed by atoms with Crippen LogP contribution in [0.15, 0.2) is 77.7 Å². The third-order valence-electron chi connectivity index (χ3n) is 6.98. The molecule has 41 heavy (non-hydrogen) atoms. The standard InChI is InChI=1S/C28H27F6N3O3S/c29-27(30,31)21-16-20(17-22(18-21)28(32,33)34)26(38)37(23-4-2-1-3-5-23)24-11-14-36(15-12-24)13-10-19-6-8-25(9-7-19)41(35,39)40/h1-9,16-18,24H,10-15H2,(H2,35,39,40). The van der Waals surface area contributed by atoms with E-state index in [1.54, 1.807) is 42.5 Å². The number of rotatable bonds is 7. The first-order valence-electron chi connectivity index (χ1n) is 12.6. The summed E-state index contributed by atoms with van der Waals surface area (Å²) in [5.41, 5.74) is -2.52. The lowest BCUT2D eigenvalue weighted by molar-refractivity contribution is -0.143. The topological polar surface area (TPSA) is 83.7 Å². The maximum Gasteiger partial charge on any atom is 0.416 e. The number of benzene rings is 3. The van der Waals surface area contributed by atoms with Crippen molar-refractivity contribution in [2.45, 2.75) is 42.6 Å². The maximum atomic E-state index is 13.6. The molecule has 4 rings (SSSR count). The van der Waals surface area contributed by atoms with Crippen LogP contribution >= 0.6 is 0 Å². The first-order chi connectivity index (χ1) is 19.1. The van der Waals surface area contributed by atoms with Crippen LogP contribution in [0.4, 0.5) is 32.0 Å². The number of nitrogens with zero attached hydrogens (tertiary/aromatic N) is 2. The number of likely N-dealkylation sites (tertiary alicyclic amines) is 1. The summed E-state index contributed by atoms with van der Waals surface area (Å²) in [6.07, 6.45) is -8.65. The van der Waals surface area contributed by atoms with Gasteiger partial charge in [0.05, 0.1) is 16.0 Å². The van der Waals surface area contributed by atoms with Crippen molar-refractivity contribution in [1.82, 2.24) is 4.90 Å². The number of amides is 1. The highest BCUT2D eigenvalue weighted by Crippen LogP contribution is 2.37. The fraction of sp³-hybridized carbons (Fsp3) is 0.321. The molecule has 6 nitrogen and oxygen atoms in total. The van der Waals surface area contributed by atoms with Gasteiger partial charge in [-0.05, 0) is 67.3 Å². The molecule has 1 aliphatic rings. The molecule has 1 aliphatic heterocycles. The first-order valence-corrected chi connectivity index (χ1v) is 14.2. The number of primary sulfonamides is 1. The van der Waals surface area contributed by atoms with Crippen LogP contribution in [-0.2, 0) is 28.8 Å². The largest absolute Gasteiger partial charge is 0.416 e. The van der Waals surface area contributed by atoms with Crippen LogP contribution in [0.2, 0.25) is 0 Å². The predicted molar refractivity (Wildman–Crippen MR) is 141 cm³/mol. The third-order valence-corrected chi connectivity index (χ3v) is 7.91. The molecular weight excluding hydrogens is 572 g/mol. The van der Waals surface area contributed by atoms with Crippen LogP contribution in [0.5, 0.6) is 0 Å². The van der Waals surface area contributed by atoms with Crippen LogP contribution < -0.4 is 10.0 Å². The molecule has 0 aliphatic carbocycles. The number of piperidine rings is 1. The Morgan fingerprint density at radius 3 is 1.88 bits per heavy atom. The minimum atomic E-state index is -5.07. The Hall–Kier alpha value is -3.42. The molecule has 0 atom stereocenters. The van der Waals surface area contributed by atoms with Gasteiger partial charge in [0.15, 0.2) is 0 Å². The molecule has 0 bridgehead atoms. The van der Waals surface area contributed by atoms with Crippen LogP contribution in [0, 0.1) is 0 Å². The molecule has 1 saturated heterocycles. The van der Waals surface area contributed by atoms with Gasteiger partial charge >= 0.3 is 12.4 Å². The number of nitrogens with two attached hydrogens (primary N) is 1. The van der Waals surface area contributed by atoms with E-state index in [2.05, 4.69) is 4.90 Å². The van der Waals surface area contributed by atoms with Crippen molar-refractivity contribution in [1.29, 1.82) is 0 Å². The van der Waals surface area contributed by atoms with Crippen molar-refractivity contribution in [2.75, 3.05) is 24.5 Å². The number of alkyl halides is 6. The van der Waals surface area contributed by atoms with Crippen LogP contribution in [-0.4, -0.2) is 44.9 Å². The number of carbonyl (C=O) groups is 1. The van der Waals surface area contributed by atoms with Crippen molar-refractivity contribution >= 4 is 21.6 Å². The van der Waals surface area contributed by atoms with E-state index >= 15 is 0 Å². The number of carbonyl (C=O) groups excluding carboxylic acids is 1. The smallest absolute Gasteiger partial charge is 0.305 e. The lowest BCUT2D eigenvalue weighted by Gasteiger charge is -2.39. The molecule has 0 aromatic heterocycles. The zero-order chi connectivity index (χ0) is 30.0. The van der Waals surface area contributed by atoms with Crippen molar-refractivity contribution in [3.63, 3.8) is 0 Å². The molecule has 13 heteroatoms. The van der Waals surface area contributed by atoms with Gasteiger partial charge in [-0.1, -0.05) is 30.3 Å². The second kappa shape index (κ2) is 11.8. The summed E-state index contributed by atoms with van der Waals surface area (Å²) >= 11 is 0. The summed E-state index contributed by atoms with van der Waals surface area (Å²) in [7, 11) is -3.79. The molecule has 2 N–H and O–H groups in total. The highest BCUT2D eigenvalue weighted by atomic mass is 32.2. The van der Waals surface area contributed by atoms with E-state index in [1.807, 2.05) is 0 Å². The van der Waals surface area contributed by atoms with E-state index in [1.165, 1.54) is 17.0 Å². The highest BCUT2D eigenvalue weighted by Gasteiger charge is 2.39. The Morgan fingerprint density at radius 2 is 1.39 bits per heavy atom. The zero-order valence-electron chi connectivity index (χ0n) is 21.6. The summed E-state index contributed by atoms with van der Waals surface area (Å²) in [5, 5.41) is 5.12. The maximum absolute atomic E-state index is 13.6. The summed E-state index contributed by atoms with van der Waals surface area (Å²) in [6.45, 7) is 1.70. The Kier molecular flexibility index (Phi) is 8.81. The summed E-state index contributed by atoms with van der Waals surface area (Å²) in [5.74, 6) is -0.943. The van der Waals surface area contributed by atoms with Crippen LogP contribution in [0.1, 0.15) is 39.9 Å². The minimum Gasteiger partial charge on any atom is -0.305 e. The van der Waals surface area contributed by atoms with E-state index in [4.69, 9.17) is 5.14 Å². The molecule has 3 aromatic rings. The van der Waals surface area contributed by atoms with E-state index in [9.17, 15) is 39.6 Å². The molecular formula is C28H27F6N3O3S. The molecule has 0 saturated carbocycles. The van der Waals surface area contributed by atoms with Crippen LogP contribution in [0.25, 0.3) is 0 Å². The number of halogens is 6. The van der Waals surface area contributed by atoms with Crippen LogP contribution in [0.3, 0.4) is 0 Å². The monoisotopic (exact) mass is 599 g/mol.